The van der Waals surface area contributed by atoms with Crippen molar-refractivity contribution in [1.82, 2.24) is 10.2 Å². The van der Waals surface area contributed by atoms with Crippen LogP contribution >= 0.6 is 0 Å². The van der Waals surface area contributed by atoms with Gasteiger partial charge < -0.3 is 4.42 Å². The van der Waals surface area contributed by atoms with E-state index in [2.05, 4.69) is 14.6 Å². The van der Waals surface area contributed by atoms with E-state index < -0.39 is 0 Å². The lowest BCUT2D eigenvalue weighted by Crippen LogP contribution is -1.90. The van der Waals surface area contributed by atoms with Gasteiger partial charge in [-0.3, -0.25) is 4.79 Å². The van der Waals surface area contributed by atoms with Crippen LogP contribution in [0.5, 0.6) is 0 Å². The Bertz CT molecular complexity index is 182. The third-order valence-corrected chi connectivity index (χ3v) is 0.661. The van der Waals surface area contributed by atoms with Gasteiger partial charge in [-0.05, 0) is 0 Å². The van der Waals surface area contributed by atoms with Crippen molar-refractivity contribution in [2.45, 2.75) is 20.8 Å². The second kappa shape index (κ2) is 4.67. The molecule has 1 heterocycles. The first-order chi connectivity index (χ1) is 4.80. The van der Waals surface area contributed by atoms with E-state index in [0.717, 1.165) is 6.39 Å². The molecule has 0 radical (unpaired) electrons. The van der Waals surface area contributed by atoms with Crippen LogP contribution in [0.2, 0.25) is 0 Å². The van der Waals surface area contributed by atoms with Gasteiger partial charge >= 0.3 is 0 Å². The fourth-order valence-corrected chi connectivity index (χ4v) is 0.326. The molecule has 0 aliphatic carbocycles. The number of aromatic nitrogens is 2. The summed E-state index contributed by atoms with van der Waals surface area (Å²) >= 11 is 0. The largest absolute Gasteiger partial charge is 0.421 e. The van der Waals surface area contributed by atoms with E-state index in [4.69, 9.17) is 0 Å². The number of hydrogen-bond acceptors (Lipinski definition) is 4. The summed E-state index contributed by atoms with van der Waals surface area (Å²) in [6.07, 6.45) is 1.12. The molecule has 56 valence electrons. The van der Waals surface area contributed by atoms with Crippen molar-refractivity contribution in [1.29, 1.82) is 0 Å². The van der Waals surface area contributed by atoms with Crippen LogP contribution in [0.3, 0.4) is 0 Å². The number of hydrogen-bond donors (Lipinski definition) is 0. The summed E-state index contributed by atoms with van der Waals surface area (Å²) in [4.78, 5) is 10.3. The van der Waals surface area contributed by atoms with E-state index >= 15 is 0 Å². The van der Waals surface area contributed by atoms with Gasteiger partial charge in [0.1, 0.15) is 0 Å². The number of nitrogens with zero attached hydrogens (tertiary/aromatic N) is 2. The molecule has 0 atom stereocenters. The number of carbonyl (C=O) groups excluding carboxylic acids is 1. The number of rotatable bonds is 1. The fraction of sp³-hybridized carbons (Fsp3) is 0.500. The van der Waals surface area contributed by atoms with Crippen molar-refractivity contribution in [2.75, 3.05) is 0 Å². The van der Waals surface area contributed by atoms with Crippen LogP contribution in [0.1, 0.15) is 31.5 Å². The minimum Gasteiger partial charge on any atom is -0.421 e. The van der Waals surface area contributed by atoms with Crippen molar-refractivity contribution >= 4 is 5.78 Å². The summed E-state index contributed by atoms with van der Waals surface area (Å²) in [6.45, 7) is 5.37. The zero-order valence-corrected chi connectivity index (χ0v) is 6.29. The Balaban J connectivity index is 0.000000371. The molecule has 0 saturated heterocycles. The molecule has 0 N–H and O–H groups in total. The molecule has 10 heavy (non-hydrogen) atoms. The lowest BCUT2D eigenvalue weighted by molar-refractivity contribution is 0.0980. The minimum atomic E-state index is -0.206. The highest BCUT2D eigenvalue weighted by molar-refractivity contribution is 5.88. The predicted molar refractivity (Wildman–Crippen MR) is 35.7 cm³/mol. The topological polar surface area (TPSA) is 56.0 Å². The molecule has 0 aliphatic heterocycles. The lowest BCUT2D eigenvalue weighted by atomic mass is 10.5. The van der Waals surface area contributed by atoms with Gasteiger partial charge in [0.05, 0.1) is 0 Å². The SMILES string of the molecule is CC.CC(=O)c1nnco1. The van der Waals surface area contributed by atoms with Gasteiger partial charge in [0.15, 0.2) is 0 Å². The van der Waals surface area contributed by atoms with E-state index in [1.165, 1.54) is 6.92 Å². The summed E-state index contributed by atoms with van der Waals surface area (Å²) in [7, 11) is 0. The maximum Gasteiger partial charge on any atom is 0.283 e. The van der Waals surface area contributed by atoms with E-state index in [0.29, 0.717) is 0 Å². The highest BCUT2D eigenvalue weighted by atomic mass is 16.4. The van der Waals surface area contributed by atoms with Gasteiger partial charge in [-0.1, -0.05) is 13.8 Å². The highest BCUT2D eigenvalue weighted by Crippen LogP contribution is 1.89. The molecule has 1 rings (SSSR count). The third-order valence-electron chi connectivity index (χ3n) is 0.661. The Hall–Kier alpha value is -1.19. The van der Waals surface area contributed by atoms with Crippen LogP contribution in [-0.2, 0) is 0 Å². The van der Waals surface area contributed by atoms with Gasteiger partial charge in [-0.15, -0.1) is 10.2 Å². The Morgan fingerprint density at radius 3 is 2.40 bits per heavy atom. The second-order valence-corrected chi connectivity index (χ2v) is 1.30. The first-order valence-electron chi connectivity index (χ1n) is 3.08. The van der Waals surface area contributed by atoms with Crippen LogP contribution in [-0.4, -0.2) is 16.0 Å². The Kier molecular flexibility index (Phi) is 4.11. The summed E-state index contributed by atoms with van der Waals surface area (Å²) < 4.78 is 4.52. The van der Waals surface area contributed by atoms with Crippen LogP contribution in [0.15, 0.2) is 10.8 Å². The van der Waals surface area contributed by atoms with E-state index in [-0.39, 0.29) is 11.7 Å². The third kappa shape index (κ3) is 2.39. The molecule has 0 aromatic carbocycles. The van der Waals surface area contributed by atoms with Crippen LogP contribution in [0, 0.1) is 0 Å². The van der Waals surface area contributed by atoms with Gasteiger partial charge in [0.2, 0.25) is 12.2 Å². The van der Waals surface area contributed by atoms with Gasteiger partial charge in [0.25, 0.3) is 5.89 Å². The highest BCUT2D eigenvalue weighted by Gasteiger charge is 2.01. The van der Waals surface area contributed by atoms with Crippen molar-refractivity contribution in [3.63, 3.8) is 0 Å². The Morgan fingerprint density at radius 2 is 2.20 bits per heavy atom. The zero-order valence-electron chi connectivity index (χ0n) is 6.29. The monoisotopic (exact) mass is 142 g/mol. The van der Waals surface area contributed by atoms with Gasteiger partial charge in [-0.25, -0.2) is 0 Å². The van der Waals surface area contributed by atoms with Crippen LogP contribution in [0.25, 0.3) is 0 Å². The summed E-state index contributed by atoms with van der Waals surface area (Å²) in [5.41, 5.74) is 0. The fourth-order valence-electron chi connectivity index (χ4n) is 0.326. The maximum absolute atomic E-state index is 10.3. The molecule has 4 heteroatoms. The van der Waals surface area contributed by atoms with Crippen LogP contribution < -0.4 is 0 Å². The van der Waals surface area contributed by atoms with Crippen molar-refractivity contribution in [3.05, 3.63) is 12.3 Å². The lowest BCUT2D eigenvalue weighted by Gasteiger charge is -1.75. The van der Waals surface area contributed by atoms with Crippen molar-refractivity contribution in [3.8, 4) is 0 Å². The molecule has 0 amide bonds. The smallest absolute Gasteiger partial charge is 0.283 e. The molecule has 1 aromatic heterocycles. The van der Waals surface area contributed by atoms with Crippen molar-refractivity contribution in [2.24, 2.45) is 0 Å². The minimum absolute atomic E-state index is 0.0602. The molecular formula is C6H10N2O2. The molecule has 0 unspecified atom stereocenters. The standard InChI is InChI=1S/C4H4N2O2.C2H6/c1-3(7)4-6-5-2-8-4;1-2/h2H,1H3;1-2H3. The molecule has 0 fully saturated rings. The normalized spacial score (nSPS) is 7.90. The number of carbonyl (C=O) groups is 1. The first-order valence-corrected chi connectivity index (χ1v) is 3.08. The van der Waals surface area contributed by atoms with E-state index in [9.17, 15) is 4.79 Å². The molecule has 1 aromatic rings. The molecule has 0 bridgehead atoms. The summed E-state index contributed by atoms with van der Waals surface area (Å²) in [5, 5.41) is 6.66. The summed E-state index contributed by atoms with van der Waals surface area (Å²) in [5.74, 6) is -0.146. The molecule has 0 aliphatic rings. The zero-order chi connectivity index (χ0) is 7.98. The molecule has 0 saturated carbocycles. The molecular weight excluding hydrogens is 132 g/mol. The number of ketones is 1. The van der Waals surface area contributed by atoms with E-state index in [1.807, 2.05) is 13.8 Å². The second-order valence-electron chi connectivity index (χ2n) is 1.30. The van der Waals surface area contributed by atoms with Crippen molar-refractivity contribution < 1.29 is 9.21 Å². The Labute approximate surface area is 59.3 Å². The first kappa shape index (κ1) is 8.81. The quantitative estimate of drug-likeness (QED) is 0.554. The maximum atomic E-state index is 10.3. The van der Waals surface area contributed by atoms with Crippen LogP contribution in [0.4, 0.5) is 0 Å². The molecule has 4 nitrogen and oxygen atoms in total. The predicted octanol–water partition coefficient (Wildman–Crippen LogP) is 1.30. The van der Waals surface area contributed by atoms with E-state index in [1.54, 1.807) is 0 Å². The average molecular weight is 142 g/mol. The van der Waals surface area contributed by atoms with Gasteiger partial charge in [0, 0.05) is 6.92 Å². The van der Waals surface area contributed by atoms with Gasteiger partial charge in [-0.2, -0.15) is 0 Å². The number of Topliss-reactive ketones (excluding diaryl/α,β-unsaturated/α-hetero) is 1. The Morgan fingerprint density at radius 1 is 1.60 bits per heavy atom. The summed E-state index contributed by atoms with van der Waals surface area (Å²) in [6, 6.07) is 0. The average Bonchev–Trinajstić information content (AvgIpc) is 2.42. The molecule has 0 spiro atoms.